The van der Waals surface area contributed by atoms with Crippen LogP contribution in [0.4, 0.5) is 20.3 Å². The lowest BCUT2D eigenvalue weighted by Gasteiger charge is -2.21. The van der Waals surface area contributed by atoms with Crippen molar-refractivity contribution in [1.82, 2.24) is 10.3 Å². The molecule has 1 amide bonds. The van der Waals surface area contributed by atoms with Crippen LogP contribution in [0.5, 0.6) is 0 Å². The molecule has 1 aromatic heterocycles. The van der Waals surface area contributed by atoms with E-state index in [2.05, 4.69) is 20.1 Å². The van der Waals surface area contributed by atoms with E-state index in [0.29, 0.717) is 25.1 Å². The molecule has 1 aliphatic heterocycles. The molecule has 2 heterocycles. The molecule has 1 aliphatic carbocycles. The summed E-state index contributed by atoms with van der Waals surface area (Å²) < 4.78 is 26.8. The molecule has 0 saturated heterocycles. The summed E-state index contributed by atoms with van der Waals surface area (Å²) in [7, 11) is 0. The third kappa shape index (κ3) is 4.40. The van der Waals surface area contributed by atoms with Crippen molar-refractivity contribution in [2.45, 2.75) is 32.1 Å². The molecular formula is C21H24F2N4O. The maximum absolute atomic E-state index is 13.6. The largest absolute Gasteiger partial charge is 0.339 e. The van der Waals surface area contributed by atoms with Gasteiger partial charge < -0.3 is 15.1 Å². The number of hydrogen-bond acceptors (Lipinski definition) is 4. The molecule has 2 aliphatic rings. The molecule has 148 valence electrons. The predicted octanol–water partition coefficient (Wildman–Crippen LogP) is 3.45. The van der Waals surface area contributed by atoms with Gasteiger partial charge in [0.1, 0.15) is 11.6 Å². The fourth-order valence-corrected chi connectivity index (χ4v) is 3.57. The lowest BCUT2D eigenvalue weighted by molar-refractivity contribution is -0.121. The first-order valence-corrected chi connectivity index (χ1v) is 9.75. The van der Waals surface area contributed by atoms with Crippen molar-refractivity contribution in [3.63, 3.8) is 0 Å². The second-order valence-electron chi connectivity index (χ2n) is 7.54. The fraction of sp³-hybridized carbons (Fsp3) is 0.429. The second kappa shape index (κ2) is 8.12. The quantitative estimate of drug-likeness (QED) is 0.755. The van der Waals surface area contributed by atoms with Crippen LogP contribution in [-0.2, 0) is 11.2 Å². The number of aromatic nitrogens is 1. The molecule has 5 nitrogen and oxygen atoms in total. The zero-order valence-corrected chi connectivity index (χ0v) is 15.7. The number of amides is 1. The van der Waals surface area contributed by atoms with Gasteiger partial charge in [-0.25, -0.2) is 13.8 Å². The molecule has 0 radical (unpaired) electrons. The highest BCUT2D eigenvalue weighted by Crippen LogP contribution is 2.37. The van der Waals surface area contributed by atoms with Crippen molar-refractivity contribution in [1.29, 1.82) is 0 Å². The molecule has 1 aromatic carbocycles. The van der Waals surface area contributed by atoms with Gasteiger partial charge in [-0.3, -0.25) is 4.79 Å². The Balaban J connectivity index is 1.26. The number of nitrogens with one attached hydrogen (secondary N) is 1. The van der Waals surface area contributed by atoms with E-state index in [9.17, 15) is 13.6 Å². The second-order valence-corrected chi connectivity index (χ2v) is 7.54. The number of rotatable bonds is 8. The van der Waals surface area contributed by atoms with Gasteiger partial charge in [-0.05, 0) is 67.5 Å². The number of aryl methyl sites for hydroxylation is 1. The van der Waals surface area contributed by atoms with Crippen LogP contribution in [0.3, 0.4) is 0 Å². The van der Waals surface area contributed by atoms with Gasteiger partial charge in [0.05, 0.1) is 19.0 Å². The van der Waals surface area contributed by atoms with E-state index in [4.69, 9.17) is 0 Å². The van der Waals surface area contributed by atoms with Gasteiger partial charge in [0.15, 0.2) is 5.82 Å². The number of hydrogen-bond donors (Lipinski definition) is 1. The molecule has 7 heteroatoms. The van der Waals surface area contributed by atoms with Gasteiger partial charge in [0.2, 0.25) is 5.91 Å². The summed E-state index contributed by atoms with van der Waals surface area (Å²) in [6.45, 7) is 2.14. The summed E-state index contributed by atoms with van der Waals surface area (Å²) in [4.78, 5) is 21.1. The topological polar surface area (TPSA) is 48.5 Å². The van der Waals surface area contributed by atoms with Crippen molar-refractivity contribution >= 4 is 17.4 Å². The Morgan fingerprint density at radius 2 is 2.07 bits per heavy atom. The van der Waals surface area contributed by atoms with Crippen LogP contribution in [0.25, 0.3) is 0 Å². The molecular weight excluding hydrogens is 362 g/mol. The number of anilines is 2. The van der Waals surface area contributed by atoms with E-state index in [-0.39, 0.29) is 12.3 Å². The number of halogens is 2. The van der Waals surface area contributed by atoms with Gasteiger partial charge in [-0.1, -0.05) is 0 Å². The first kappa shape index (κ1) is 18.7. The lowest BCUT2D eigenvalue weighted by Crippen LogP contribution is -2.40. The van der Waals surface area contributed by atoms with Crippen LogP contribution in [0.1, 0.15) is 31.2 Å². The molecule has 4 rings (SSSR count). The van der Waals surface area contributed by atoms with Crippen molar-refractivity contribution in [2.75, 3.05) is 29.7 Å². The molecule has 1 N–H and O–H groups in total. The zero-order valence-electron chi connectivity index (χ0n) is 15.7. The third-order valence-corrected chi connectivity index (χ3v) is 5.25. The van der Waals surface area contributed by atoms with E-state index >= 15 is 0 Å². The van der Waals surface area contributed by atoms with E-state index in [1.165, 1.54) is 18.9 Å². The number of carbonyl (C=O) groups excluding carboxylic acids is 1. The fourth-order valence-electron chi connectivity index (χ4n) is 3.57. The Hall–Kier alpha value is -2.70. The van der Waals surface area contributed by atoms with Crippen molar-refractivity contribution < 1.29 is 13.6 Å². The number of nitrogens with zero attached hydrogens (tertiary/aromatic N) is 3. The average molecular weight is 386 g/mol. The van der Waals surface area contributed by atoms with Crippen molar-refractivity contribution in [3.05, 3.63) is 53.7 Å². The van der Waals surface area contributed by atoms with Gasteiger partial charge >= 0.3 is 0 Å². The van der Waals surface area contributed by atoms with E-state index in [1.807, 2.05) is 12.1 Å². The third-order valence-electron chi connectivity index (χ3n) is 5.25. The van der Waals surface area contributed by atoms with Crippen LogP contribution in [0.2, 0.25) is 0 Å². The standard InChI is InChI=1S/C21H24F2N4O/c22-17-8-9-18(23)16(11-17)3-1-5-20(28)25-13-27-14-26(12-15-6-7-15)21-19(27)4-2-10-24-21/h2,4,8-11,15H,1,3,5-7,12-14H2,(H,25,28). The molecule has 1 saturated carbocycles. The Labute approximate surface area is 163 Å². The van der Waals surface area contributed by atoms with Gasteiger partial charge in [0, 0.05) is 19.2 Å². The number of benzene rings is 1. The number of fused-ring (bicyclic) bond motifs is 1. The van der Waals surface area contributed by atoms with Crippen LogP contribution in [-0.4, -0.2) is 30.8 Å². The maximum Gasteiger partial charge on any atom is 0.221 e. The minimum atomic E-state index is -0.460. The molecule has 0 unspecified atom stereocenters. The molecule has 0 atom stereocenters. The summed E-state index contributed by atoms with van der Waals surface area (Å²) in [6, 6.07) is 7.34. The van der Waals surface area contributed by atoms with Crippen molar-refractivity contribution in [2.24, 2.45) is 5.92 Å². The van der Waals surface area contributed by atoms with Gasteiger partial charge in [-0.15, -0.1) is 0 Å². The molecule has 0 bridgehead atoms. The number of carbonyl (C=O) groups is 1. The average Bonchev–Trinajstić information content (AvgIpc) is 3.44. The summed E-state index contributed by atoms with van der Waals surface area (Å²) in [5, 5.41) is 2.93. The Bertz CT molecular complexity index is 856. The molecule has 1 fully saturated rings. The summed E-state index contributed by atoms with van der Waals surface area (Å²) in [5.74, 6) is 0.748. The summed E-state index contributed by atoms with van der Waals surface area (Å²) in [5.41, 5.74) is 1.34. The highest BCUT2D eigenvalue weighted by molar-refractivity contribution is 5.77. The van der Waals surface area contributed by atoms with Crippen LogP contribution >= 0.6 is 0 Å². The van der Waals surface area contributed by atoms with Crippen LogP contribution in [0.15, 0.2) is 36.5 Å². The lowest BCUT2D eigenvalue weighted by atomic mass is 10.1. The van der Waals surface area contributed by atoms with E-state index in [0.717, 1.165) is 42.8 Å². The predicted molar refractivity (Wildman–Crippen MR) is 104 cm³/mol. The SMILES string of the molecule is O=C(CCCc1cc(F)ccc1F)NCN1CN(CC2CC2)c2ncccc21. The number of pyridine rings is 1. The van der Waals surface area contributed by atoms with Crippen LogP contribution in [0, 0.1) is 17.6 Å². The smallest absolute Gasteiger partial charge is 0.221 e. The minimum absolute atomic E-state index is 0.0945. The highest BCUT2D eigenvalue weighted by atomic mass is 19.1. The van der Waals surface area contributed by atoms with E-state index < -0.39 is 11.6 Å². The summed E-state index contributed by atoms with van der Waals surface area (Å²) in [6.07, 6.45) is 5.44. The maximum atomic E-state index is 13.6. The van der Waals surface area contributed by atoms with Crippen molar-refractivity contribution in [3.8, 4) is 0 Å². The molecule has 0 spiro atoms. The van der Waals surface area contributed by atoms with Crippen LogP contribution < -0.4 is 15.1 Å². The molecule has 28 heavy (non-hydrogen) atoms. The summed E-state index contributed by atoms with van der Waals surface area (Å²) >= 11 is 0. The Morgan fingerprint density at radius 1 is 1.21 bits per heavy atom. The zero-order chi connectivity index (χ0) is 19.5. The Kier molecular flexibility index (Phi) is 5.41. The Morgan fingerprint density at radius 3 is 2.89 bits per heavy atom. The first-order chi connectivity index (χ1) is 13.6. The first-order valence-electron chi connectivity index (χ1n) is 9.75. The highest BCUT2D eigenvalue weighted by Gasteiger charge is 2.32. The normalized spacial score (nSPS) is 15.6. The van der Waals surface area contributed by atoms with Gasteiger partial charge in [-0.2, -0.15) is 0 Å². The van der Waals surface area contributed by atoms with Gasteiger partial charge in [0.25, 0.3) is 0 Å². The molecule has 2 aromatic rings. The minimum Gasteiger partial charge on any atom is -0.339 e. The van der Waals surface area contributed by atoms with E-state index in [1.54, 1.807) is 6.20 Å². The monoisotopic (exact) mass is 386 g/mol.